The standard InChI is InChI=1S/C21H14ClN5O2S/c1-12-24-25-21-27(12)26-20(30-21)15-7-2-3-8-16(15)23-19(28)18-10-9-17(29-18)13-5-4-6-14(22)11-13/h2-11H,1H3,(H,23,28). The van der Waals surface area contributed by atoms with E-state index >= 15 is 0 Å². The summed E-state index contributed by atoms with van der Waals surface area (Å²) in [5.74, 6) is 1.13. The number of anilines is 1. The topological polar surface area (TPSA) is 85.3 Å². The molecule has 0 fully saturated rings. The van der Waals surface area contributed by atoms with Crippen LogP contribution in [-0.2, 0) is 0 Å². The number of benzene rings is 2. The van der Waals surface area contributed by atoms with E-state index in [-0.39, 0.29) is 11.7 Å². The van der Waals surface area contributed by atoms with Gasteiger partial charge in [-0.3, -0.25) is 4.79 Å². The molecule has 0 unspecified atom stereocenters. The highest BCUT2D eigenvalue weighted by atomic mass is 35.5. The van der Waals surface area contributed by atoms with Crippen molar-refractivity contribution in [3.8, 4) is 21.9 Å². The molecule has 0 spiro atoms. The summed E-state index contributed by atoms with van der Waals surface area (Å²) in [4.78, 5) is 13.5. The first-order valence-electron chi connectivity index (χ1n) is 9.04. The molecule has 7 nitrogen and oxygen atoms in total. The fourth-order valence-electron chi connectivity index (χ4n) is 3.04. The molecule has 5 aromatic rings. The van der Waals surface area contributed by atoms with E-state index in [0.717, 1.165) is 16.1 Å². The minimum atomic E-state index is -0.352. The number of nitrogens with zero attached hydrogens (tertiary/aromatic N) is 4. The number of amides is 1. The molecule has 2 aromatic carbocycles. The zero-order valence-electron chi connectivity index (χ0n) is 15.7. The van der Waals surface area contributed by atoms with Gasteiger partial charge in [-0.25, -0.2) is 0 Å². The van der Waals surface area contributed by atoms with Gasteiger partial charge in [0.05, 0.1) is 5.69 Å². The Hall–Kier alpha value is -3.49. The van der Waals surface area contributed by atoms with Gasteiger partial charge in [0.15, 0.2) is 11.6 Å². The first-order chi connectivity index (χ1) is 14.6. The Balaban J connectivity index is 1.43. The second kappa shape index (κ2) is 7.40. The minimum absolute atomic E-state index is 0.203. The van der Waals surface area contributed by atoms with Crippen LogP contribution in [0.4, 0.5) is 5.69 Å². The summed E-state index contributed by atoms with van der Waals surface area (Å²) >= 11 is 7.44. The fourth-order valence-corrected chi connectivity index (χ4v) is 4.16. The van der Waals surface area contributed by atoms with Crippen molar-refractivity contribution in [1.82, 2.24) is 19.8 Å². The lowest BCUT2D eigenvalue weighted by Gasteiger charge is -2.07. The van der Waals surface area contributed by atoms with Crippen LogP contribution < -0.4 is 5.32 Å². The van der Waals surface area contributed by atoms with Crippen molar-refractivity contribution in [2.24, 2.45) is 0 Å². The predicted molar refractivity (Wildman–Crippen MR) is 116 cm³/mol. The number of aryl methyl sites for hydroxylation is 1. The number of hydrogen-bond acceptors (Lipinski definition) is 6. The summed E-state index contributed by atoms with van der Waals surface area (Å²) in [7, 11) is 0. The molecule has 0 atom stereocenters. The quantitative estimate of drug-likeness (QED) is 0.412. The Morgan fingerprint density at radius 1 is 1.10 bits per heavy atom. The maximum Gasteiger partial charge on any atom is 0.291 e. The molecule has 0 aliphatic heterocycles. The van der Waals surface area contributed by atoms with Crippen molar-refractivity contribution in [2.45, 2.75) is 6.92 Å². The van der Waals surface area contributed by atoms with Gasteiger partial charge in [-0.15, -0.1) is 10.2 Å². The van der Waals surface area contributed by atoms with Crippen molar-refractivity contribution in [3.05, 3.63) is 77.3 Å². The number of nitrogens with one attached hydrogen (secondary N) is 1. The highest BCUT2D eigenvalue weighted by molar-refractivity contribution is 7.19. The van der Waals surface area contributed by atoms with Crippen LogP contribution in [0.1, 0.15) is 16.4 Å². The van der Waals surface area contributed by atoms with E-state index < -0.39 is 0 Å². The Morgan fingerprint density at radius 2 is 1.97 bits per heavy atom. The number of carbonyl (C=O) groups excluding carboxylic acids is 1. The Bertz CT molecular complexity index is 1390. The van der Waals surface area contributed by atoms with Crippen molar-refractivity contribution in [1.29, 1.82) is 0 Å². The molecule has 3 aromatic heterocycles. The maximum absolute atomic E-state index is 12.8. The summed E-state index contributed by atoms with van der Waals surface area (Å²) in [6.07, 6.45) is 0. The zero-order chi connectivity index (χ0) is 20.7. The molecular weight excluding hydrogens is 422 g/mol. The van der Waals surface area contributed by atoms with E-state index in [1.807, 2.05) is 43.3 Å². The smallest absolute Gasteiger partial charge is 0.291 e. The van der Waals surface area contributed by atoms with Gasteiger partial charge in [0.25, 0.3) is 5.91 Å². The maximum atomic E-state index is 12.8. The molecule has 0 saturated carbocycles. The zero-order valence-corrected chi connectivity index (χ0v) is 17.2. The number of carbonyl (C=O) groups is 1. The normalized spacial score (nSPS) is 11.1. The minimum Gasteiger partial charge on any atom is -0.451 e. The lowest BCUT2D eigenvalue weighted by Crippen LogP contribution is -2.11. The number of para-hydroxylation sites is 1. The van der Waals surface area contributed by atoms with E-state index in [0.29, 0.717) is 27.3 Å². The van der Waals surface area contributed by atoms with Crippen molar-refractivity contribution in [3.63, 3.8) is 0 Å². The molecule has 0 aliphatic rings. The average molecular weight is 436 g/mol. The molecule has 0 saturated heterocycles. The molecule has 9 heteroatoms. The third-order valence-electron chi connectivity index (χ3n) is 4.49. The monoisotopic (exact) mass is 435 g/mol. The van der Waals surface area contributed by atoms with Crippen molar-refractivity contribution < 1.29 is 9.21 Å². The summed E-state index contributed by atoms with van der Waals surface area (Å²) in [5, 5.41) is 16.9. The van der Waals surface area contributed by atoms with E-state index in [4.69, 9.17) is 16.0 Å². The van der Waals surface area contributed by atoms with E-state index in [1.165, 1.54) is 11.3 Å². The van der Waals surface area contributed by atoms with Crippen LogP contribution in [0.15, 0.2) is 65.1 Å². The summed E-state index contributed by atoms with van der Waals surface area (Å²) < 4.78 is 7.43. The highest BCUT2D eigenvalue weighted by Gasteiger charge is 2.17. The van der Waals surface area contributed by atoms with Gasteiger partial charge < -0.3 is 9.73 Å². The third kappa shape index (κ3) is 3.36. The fraction of sp³-hybridized carbons (Fsp3) is 0.0476. The van der Waals surface area contributed by atoms with Crippen LogP contribution in [0.3, 0.4) is 0 Å². The first-order valence-corrected chi connectivity index (χ1v) is 10.2. The molecule has 1 N–H and O–H groups in total. The van der Waals surface area contributed by atoms with E-state index in [1.54, 1.807) is 28.8 Å². The van der Waals surface area contributed by atoms with Crippen LogP contribution in [0, 0.1) is 6.92 Å². The summed E-state index contributed by atoms with van der Waals surface area (Å²) in [6.45, 7) is 1.84. The van der Waals surface area contributed by atoms with Crippen LogP contribution in [0.2, 0.25) is 5.02 Å². The molecule has 0 aliphatic carbocycles. The van der Waals surface area contributed by atoms with Gasteiger partial charge in [-0.05, 0) is 43.3 Å². The lowest BCUT2D eigenvalue weighted by molar-refractivity contribution is 0.0997. The van der Waals surface area contributed by atoms with Gasteiger partial charge >= 0.3 is 0 Å². The lowest BCUT2D eigenvalue weighted by atomic mass is 10.2. The predicted octanol–water partition coefficient (Wildman–Crippen LogP) is 5.33. The second-order valence-corrected chi connectivity index (χ2v) is 7.92. The Kier molecular flexibility index (Phi) is 4.57. The molecule has 3 heterocycles. The highest BCUT2D eigenvalue weighted by Crippen LogP contribution is 2.32. The molecular formula is C21H14ClN5O2S. The van der Waals surface area contributed by atoms with E-state index in [2.05, 4.69) is 20.6 Å². The van der Waals surface area contributed by atoms with Gasteiger partial charge in [0.2, 0.25) is 4.96 Å². The van der Waals surface area contributed by atoms with Crippen molar-refractivity contribution >= 4 is 39.5 Å². The molecule has 0 radical (unpaired) electrons. The summed E-state index contributed by atoms with van der Waals surface area (Å²) in [6, 6.07) is 18.1. The van der Waals surface area contributed by atoms with Gasteiger partial charge in [0.1, 0.15) is 10.8 Å². The van der Waals surface area contributed by atoms with Crippen LogP contribution in [0.25, 0.3) is 26.9 Å². The van der Waals surface area contributed by atoms with Gasteiger partial charge in [-0.2, -0.15) is 9.61 Å². The number of fused-ring (bicyclic) bond motifs is 1. The van der Waals surface area contributed by atoms with E-state index in [9.17, 15) is 4.79 Å². The van der Waals surface area contributed by atoms with Gasteiger partial charge in [0, 0.05) is 16.1 Å². The first kappa shape index (κ1) is 18.5. The molecule has 148 valence electrons. The molecule has 0 bridgehead atoms. The second-order valence-electron chi connectivity index (χ2n) is 6.52. The average Bonchev–Trinajstić information content (AvgIpc) is 3.46. The molecule has 1 amide bonds. The largest absolute Gasteiger partial charge is 0.451 e. The number of aromatic nitrogens is 4. The Labute approximate surface area is 179 Å². The number of hydrogen-bond donors (Lipinski definition) is 1. The number of halogens is 1. The molecule has 5 rings (SSSR count). The molecule has 30 heavy (non-hydrogen) atoms. The number of rotatable bonds is 4. The van der Waals surface area contributed by atoms with Crippen molar-refractivity contribution in [2.75, 3.05) is 5.32 Å². The Morgan fingerprint density at radius 3 is 2.80 bits per heavy atom. The van der Waals surface area contributed by atoms with Crippen LogP contribution in [0.5, 0.6) is 0 Å². The summed E-state index contributed by atoms with van der Waals surface area (Å²) in [5.41, 5.74) is 2.23. The van der Waals surface area contributed by atoms with Crippen LogP contribution >= 0.6 is 22.9 Å². The van der Waals surface area contributed by atoms with Gasteiger partial charge in [-0.1, -0.05) is 47.2 Å². The third-order valence-corrected chi connectivity index (χ3v) is 5.66. The number of furan rings is 1. The van der Waals surface area contributed by atoms with Crippen LogP contribution in [-0.4, -0.2) is 25.7 Å². The SMILES string of the molecule is Cc1nnc2sc(-c3ccccc3NC(=O)c3ccc(-c4cccc(Cl)c4)o3)nn12.